The molecule has 2 fully saturated rings. The Bertz CT molecular complexity index is 635. The first-order valence-electron chi connectivity index (χ1n) is 8.76. The van der Waals surface area contributed by atoms with Crippen molar-refractivity contribution in [2.24, 2.45) is 5.41 Å². The molecule has 2 aliphatic heterocycles. The van der Waals surface area contributed by atoms with Gasteiger partial charge in [0.05, 0.1) is 0 Å². The van der Waals surface area contributed by atoms with Gasteiger partial charge in [0.25, 0.3) is 5.91 Å². The summed E-state index contributed by atoms with van der Waals surface area (Å²) in [5, 5.41) is 9.34. The maximum absolute atomic E-state index is 12.8. The first-order valence-corrected chi connectivity index (χ1v) is 8.76. The van der Waals surface area contributed by atoms with Gasteiger partial charge in [0.1, 0.15) is 6.04 Å². The molecule has 2 heterocycles. The maximum atomic E-state index is 12.8. The molecular formula is C19H26N2O3. The normalized spacial score (nSPS) is 23.6. The first-order chi connectivity index (χ1) is 11.5. The van der Waals surface area contributed by atoms with Gasteiger partial charge < -0.3 is 10.0 Å². The molecule has 0 bridgehead atoms. The average Bonchev–Trinajstić information content (AvgIpc) is 2.91. The largest absolute Gasteiger partial charge is 0.480 e. The van der Waals surface area contributed by atoms with Gasteiger partial charge >= 0.3 is 5.97 Å². The molecule has 1 amide bonds. The zero-order chi connectivity index (χ0) is 17.3. The van der Waals surface area contributed by atoms with E-state index in [0.717, 1.165) is 50.0 Å². The summed E-state index contributed by atoms with van der Waals surface area (Å²) in [6, 6.07) is 7.44. The van der Waals surface area contributed by atoms with Gasteiger partial charge in [0.15, 0.2) is 0 Å². The number of likely N-dealkylation sites (tertiary alicyclic amines) is 2. The second-order valence-corrected chi connectivity index (χ2v) is 7.28. The number of carbonyl (C=O) groups is 2. The minimum Gasteiger partial charge on any atom is -0.480 e. The minimum absolute atomic E-state index is 0.0544. The van der Waals surface area contributed by atoms with Crippen LogP contribution in [0.3, 0.4) is 0 Å². The SMILES string of the molecule is CCc1ccccc1C(=O)N1CCC2(CC1)C[C@H](C(=O)O)N(C)C2. The van der Waals surface area contributed by atoms with Crippen LogP contribution in [0.4, 0.5) is 0 Å². The molecular weight excluding hydrogens is 304 g/mol. The molecule has 5 nitrogen and oxygen atoms in total. The number of amides is 1. The van der Waals surface area contributed by atoms with Crippen molar-refractivity contribution in [1.29, 1.82) is 0 Å². The highest BCUT2D eigenvalue weighted by Crippen LogP contribution is 2.43. The predicted molar refractivity (Wildman–Crippen MR) is 92.1 cm³/mol. The molecule has 0 radical (unpaired) electrons. The van der Waals surface area contributed by atoms with Gasteiger partial charge in [0, 0.05) is 25.2 Å². The van der Waals surface area contributed by atoms with Crippen molar-refractivity contribution in [1.82, 2.24) is 9.80 Å². The third-order valence-electron chi connectivity index (χ3n) is 5.77. The van der Waals surface area contributed by atoms with Crippen LogP contribution in [-0.2, 0) is 11.2 Å². The van der Waals surface area contributed by atoms with Gasteiger partial charge in [-0.25, -0.2) is 0 Å². The van der Waals surface area contributed by atoms with Crippen molar-refractivity contribution < 1.29 is 14.7 Å². The van der Waals surface area contributed by atoms with Crippen LogP contribution in [0.2, 0.25) is 0 Å². The lowest BCUT2D eigenvalue weighted by Crippen LogP contribution is -2.44. The Morgan fingerprint density at radius 2 is 1.92 bits per heavy atom. The van der Waals surface area contributed by atoms with Crippen LogP contribution in [0.1, 0.15) is 42.1 Å². The van der Waals surface area contributed by atoms with Gasteiger partial charge in [-0.15, -0.1) is 0 Å². The van der Waals surface area contributed by atoms with E-state index in [2.05, 4.69) is 6.92 Å². The molecule has 1 spiro atoms. The van der Waals surface area contributed by atoms with Crippen molar-refractivity contribution in [3.8, 4) is 0 Å². The first kappa shape index (κ1) is 17.0. The third-order valence-corrected chi connectivity index (χ3v) is 5.77. The van der Waals surface area contributed by atoms with E-state index in [4.69, 9.17) is 0 Å². The van der Waals surface area contributed by atoms with Crippen LogP contribution >= 0.6 is 0 Å². The Hall–Kier alpha value is -1.88. The van der Waals surface area contributed by atoms with E-state index in [-0.39, 0.29) is 17.4 Å². The van der Waals surface area contributed by atoms with Gasteiger partial charge in [-0.05, 0) is 49.8 Å². The lowest BCUT2D eigenvalue weighted by molar-refractivity contribution is -0.141. The highest BCUT2D eigenvalue weighted by atomic mass is 16.4. The molecule has 1 atom stereocenters. The number of likely N-dealkylation sites (N-methyl/N-ethyl adjacent to an activating group) is 1. The lowest BCUT2D eigenvalue weighted by atomic mass is 9.76. The second-order valence-electron chi connectivity index (χ2n) is 7.28. The molecule has 1 N–H and O–H groups in total. The summed E-state index contributed by atoms with van der Waals surface area (Å²) in [6.07, 6.45) is 3.33. The van der Waals surface area contributed by atoms with Gasteiger partial charge in [-0.3, -0.25) is 14.5 Å². The van der Waals surface area contributed by atoms with Crippen LogP contribution in [0.25, 0.3) is 0 Å². The second kappa shape index (κ2) is 6.55. The highest BCUT2D eigenvalue weighted by Gasteiger charge is 2.47. The minimum atomic E-state index is -0.732. The Morgan fingerprint density at radius 1 is 1.25 bits per heavy atom. The summed E-state index contributed by atoms with van der Waals surface area (Å²) in [4.78, 5) is 28.1. The predicted octanol–water partition coefficient (Wildman–Crippen LogP) is 2.26. The van der Waals surface area contributed by atoms with Crippen LogP contribution < -0.4 is 0 Å². The van der Waals surface area contributed by atoms with E-state index in [1.165, 1.54) is 0 Å². The van der Waals surface area contributed by atoms with Gasteiger partial charge in [-0.1, -0.05) is 25.1 Å². The number of aliphatic carboxylic acids is 1. The summed E-state index contributed by atoms with van der Waals surface area (Å²) in [5.74, 6) is -0.617. The molecule has 2 saturated heterocycles. The van der Waals surface area contributed by atoms with Crippen molar-refractivity contribution in [2.75, 3.05) is 26.7 Å². The maximum Gasteiger partial charge on any atom is 0.320 e. The molecule has 0 saturated carbocycles. The number of hydrogen-bond donors (Lipinski definition) is 1. The molecule has 0 aromatic heterocycles. The molecule has 0 aliphatic carbocycles. The Kier molecular flexibility index (Phi) is 4.63. The Labute approximate surface area is 143 Å². The average molecular weight is 330 g/mol. The molecule has 0 unspecified atom stereocenters. The summed E-state index contributed by atoms with van der Waals surface area (Å²) in [7, 11) is 1.89. The van der Waals surface area contributed by atoms with Crippen LogP contribution in [0.15, 0.2) is 24.3 Å². The van der Waals surface area contributed by atoms with Crippen molar-refractivity contribution in [2.45, 2.75) is 38.6 Å². The highest BCUT2D eigenvalue weighted by molar-refractivity contribution is 5.95. The molecule has 3 rings (SSSR count). The number of nitrogens with zero attached hydrogens (tertiary/aromatic N) is 2. The molecule has 130 valence electrons. The molecule has 5 heteroatoms. The van der Waals surface area contributed by atoms with E-state index >= 15 is 0 Å². The van der Waals surface area contributed by atoms with E-state index < -0.39 is 5.97 Å². The topological polar surface area (TPSA) is 60.9 Å². The van der Waals surface area contributed by atoms with Crippen molar-refractivity contribution >= 4 is 11.9 Å². The number of benzene rings is 1. The monoisotopic (exact) mass is 330 g/mol. The quantitative estimate of drug-likeness (QED) is 0.923. The fraction of sp³-hybridized carbons (Fsp3) is 0.579. The van der Waals surface area contributed by atoms with E-state index in [1.54, 1.807) is 0 Å². The van der Waals surface area contributed by atoms with Crippen LogP contribution in [0, 0.1) is 5.41 Å². The number of carboxylic acids is 1. The molecule has 1 aromatic carbocycles. The number of carboxylic acid groups (broad SMARTS) is 1. The number of rotatable bonds is 3. The summed E-state index contributed by atoms with van der Waals surface area (Å²) in [6.45, 7) is 4.32. The Morgan fingerprint density at radius 3 is 2.50 bits per heavy atom. The number of piperidine rings is 1. The summed E-state index contributed by atoms with van der Waals surface area (Å²) >= 11 is 0. The van der Waals surface area contributed by atoms with E-state index in [1.807, 2.05) is 41.1 Å². The Balaban J connectivity index is 1.67. The zero-order valence-corrected chi connectivity index (χ0v) is 14.5. The third kappa shape index (κ3) is 3.05. The summed E-state index contributed by atoms with van der Waals surface area (Å²) < 4.78 is 0. The summed E-state index contributed by atoms with van der Waals surface area (Å²) in [5.41, 5.74) is 1.95. The fourth-order valence-corrected chi connectivity index (χ4v) is 4.30. The van der Waals surface area contributed by atoms with Crippen molar-refractivity contribution in [3.05, 3.63) is 35.4 Å². The standard InChI is InChI=1S/C19H26N2O3/c1-3-14-6-4-5-7-15(14)17(22)21-10-8-19(9-11-21)12-16(18(23)24)20(2)13-19/h4-7,16H,3,8-13H2,1-2H3,(H,23,24)/t16-/m1/s1. The number of hydrogen-bond acceptors (Lipinski definition) is 3. The van der Waals surface area contributed by atoms with Crippen LogP contribution in [-0.4, -0.2) is 59.5 Å². The van der Waals surface area contributed by atoms with Gasteiger partial charge in [0.2, 0.25) is 0 Å². The smallest absolute Gasteiger partial charge is 0.320 e. The fourth-order valence-electron chi connectivity index (χ4n) is 4.30. The van der Waals surface area contributed by atoms with Gasteiger partial charge in [-0.2, -0.15) is 0 Å². The molecule has 1 aromatic rings. The lowest BCUT2D eigenvalue weighted by Gasteiger charge is -2.39. The zero-order valence-electron chi connectivity index (χ0n) is 14.5. The van der Waals surface area contributed by atoms with Crippen LogP contribution in [0.5, 0.6) is 0 Å². The van der Waals surface area contributed by atoms with Crippen molar-refractivity contribution in [3.63, 3.8) is 0 Å². The number of aryl methyl sites for hydroxylation is 1. The molecule has 24 heavy (non-hydrogen) atoms. The molecule has 2 aliphatic rings. The number of carbonyl (C=O) groups excluding carboxylic acids is 1. The van der Waals surface area contributed by atoms with E-state index in [9.17, 15) is 14.7 Å². The van der Waals surface area contributed by atoms with E-state index in [0.29, 0.717) is 6.42 Å².